The molecule has 0 N–H and O–H groups in total. The second-order valence-corrected chi connectivity index (χ2v) is 9.24. The lowest BCUT2D eigenvalue weighted by Crippen LogP contribution is -2.35. The number of thiazole rings is 1. The van der Waals surface area contributed by atoms with Gasteiger partial charge < -0.3 is 9.64 Å². The average molecular weight is 438 g/mol. The van der Waals surface area contributed by atoms with Crippen LogP contribution in [-0.2, 0) is 24.2 Å². The van der Waals surface area contributed by atoms with E-state index in [-0.39, 0.29) is 0 Å². The number of hydrogen-bond donors (Lipinski definition) is 0. The zero-order chi connectivity index (χ0) is 21.8. The van der Waals surface area contributed by atoms with E-state index in [9.17, 15) is 0 Å². The molecule has 6 nitrogen and oxygen atoms in total. The van der Waals surface area contributed by atoms with Gasteiger partial charge in [0, 0.05) is 43.2 Å². The van der Waals surface area contributed by atoms with E-state index in [0.29, 0.717) is 0 Å². The Labute approximate surface area is 188 Å². The van der Waals surface area contributed by atoms with E-state index < -0.39 is 0 Å². The first kappa shape index (κ1) is 21.9. The smallest absolute Gasteiger partial charge is 0.136 e. The van der Waals surface area contributed by atoms with Crippen LogP contribution in [0.1, 0.15) is 38.9 Å². The number of morpholine rings is 1. The third kappa shape index (κ3) is 5.67. The van der Waals surface area contributed by atoms with Gasteiger partial charge in [-0.3, -0.25) is 4.90 Å². The molecule has 3 aromatic rings. The fourth-order valence-electron chi connectivity index (χ4n) is 3.91. The zero-order valence-corrected chi connectivity index (χ0v) is 19.7. The van der Waals surface area contributed by atoms with Gasteiger partial charge in [0.25, 0.3) is 0 Å². The molecule has 0 radical (unpaired) electrons. The Hall–Kier alpha value is -2.35. The van der Waals surface area contributed by atoms with Crippen molar-refractivity contribution in [3.05, 3.63) is 68.6 Å². The highest BCUT2D eigenvalue weighted by Gasteiger charge is 2.17. The Morgan fingerprint density at radius 1 is 1.03 bits per heavy atom. The van der Waals surface area contributed by atoms with Gasteiger partial charge in [0.1, 0.15) is 16.6 Å². The lowest BCUT2D eigenvalue weighted by molar-refractivity contribution is 0.0341. The molecule has 0 atom stereocenters. The number of benzene rings is 1. The summed E-state index contributed by atoms with van der Waals surface area (Å²) in [5, 5.41) is 3.34. The molecule has 0 bridgehead atoms. The van der Waals surface area contributed by atoms with Crippen LogP contribution in [0.4, 0.5) is 5.82 Å². The average Bonchev–Trinajstić information content (AvgIpc) is 3.18. The maximum absolute atomic E-state index is 5.45. The van der Waals surface area contributed by atoms with Crippen molar-refractivity contribution in [2.45, 2.75) is 40.3 Å². The Kier molecular flexibility index (Phi) is 6.95. The van der Waals surface area contributed by atoms with Gasteiger partial charge in [-0.15, -0.1) is 11.3 Å². The van der Waals surface area contributed by atoms with Gasteiger partial charge in [-0.2, -0.15) is 0 Å². The summed E-state index contributed by atoms with van der Waals surface area (Å²) in [7, 11) is 2.10. The van der Waals surface area contributed by atoms with Gasteiger partial charge in [0.15, 0.2) is 0 Å². The van der Waals surface area contributed by atoms with Gasteiger partial charge in [-0.1, -0.05) is 29.8 Å². The van der Waals surface area contributed by atoms with E-state index in [0.717, 1.165) is 68.8 Å². The minimum absolute atomic E-state index is 0.733. The van der Waals surface area contributed by atoms with Crippen LogP contribution in [-0.4, -0.2) is 53.2 Å². The number of ether oxygens (including phenoxy) is 1. The highest BCUT2D eigenvalue weighted by atomic mass is 32.1. The summed E-state index contributed by atoms with van der Waals surface area (Å²) in [5.74, 6) is 1.80. The molecule has 7 heteroatoms. The van der Waals surface area contributed by atoms with Gasteiger partial charge in [-0.05, 0) is 26.3 Å². The first-order chi connectivity index (χ1) is 15.0. The van der Waals surface area contributed by atoms with Gasteiger partial charge in [0.2, 0.25) is 0 Å². The molecule has 1 saturated heterocycles. The molecule has 1 aromatic carbocycles. The van der Waals surface area contributed by atoms with Gasteiger partial charge in [-0.25, -0.2) is 15.0 Å². The molecule has 0 saturated carbocycles. The molecule has 0 amide bonds. The SMILES string of the molecule is Cc1ccc(Cc2c(C)nc(C)nc2N(C)Cc2csc(CN3CCOCC3)n2)cc1. The number of hydrogen-bond acceptors (Lipinski definition) is 7. The predicted octanol–water partition coefficient (Wildman–Crippen LogP) is 3.92. The molecule has 1 fully saturated rings. The fraction of sp³-hybridized carbons (Fsp3) is 0.458. The molecule has 4 rings (SSSR count). The molecular formula is C24H31N5OS. The van der Waals surface area contributed by atoms with Crippen molar-refractivity contribution in [3.63, 3.8) is 0 Å². The Balaban J connectivity index is 1.50. The molecule has 3 heterocycles. The molecule has 0 spiro atoms. The van der Waals surface area contributed by atoms with Crippen molar-refractivity contribution < 1.29 is 4.74 Å². The molecule has 0 aliphatic carbocycles. The quantitative estimate of drug-likeness (QED) is 0.558. The maximum atomic E-state index is 5.45. The topological polar surface area (TPSA) is 54.4 Å². The van der Waals surface area contributed by atoms with E-state index in [2.05, 4.69) is 65.3 Å². The first-order valence-corrected chi connectivity index (χ1v) is 11.7. The van der Waals surface area contributed by atoms with E-state index in [1.165, 1.54) is 21.7 Å². The number of nitrogens with zero attached hydrogens (tertiary/aromatic N) is 5. The first-order valence-electron chi connectivity index (χ1n) is 10.8. The molecule has 164 valence electrons. The third-order valence-corrected chi connectivity index (χ3v) is 6.51. The number of aromatic nitrogens is 3. The van der Waals surface area contributed by atoms with Crippen LogP contribution in [0.2, 0.25) is 0 Å². The van der Waals surface area contributed by atoms with Crippen LogP contribution < -0.4 is 4.90 Å². The molecule has 1 aliphatic heterocycles. The second kappa shape index (κ2) is 9.85. The number of anilines is 1. The molecule has 31 heavy (non-hydrogen) atoms. The lowest BCUT2D eigenvalue weighted by atomic mass is 10.0. The second-order valence-electron chi connectivity index (χ2n) is 8.30. The fourth-order valence-corrected chi connectivity index (χ4v) is 4.74. The summed E-state index contributed by atoms with van der Waals surface area (Å²) >= 11 is 1.74. The normalized spacial score (nSPS) is 14.7. The van der Waals surface area contributed by atoms with E-state index in [1.54, 1.807) is 11.3 Å². The van der Waals surface area contributed by atoms with Gasteiger partial charge >= 0.3 is 0 Å². The van der Waals surface area contributed by atoms with Crippen molar-refractivity contribution in [3.8, 4) is 0 Å². The number of rotatable bonds is 7. The van der Waals surface area contributed by atoms with Crippen LogP contribution in [0.3, 0.4) is 0 Å². The lowest BCUT2D eigenvalue weighted by Gasteiger charge is -2.25. The van der Waals surface area contributed by atoms with Crippen molar-refractivity contribution in [2.75, 3.05) is 38.3 Å². The summed E-state index contributed by atoms with van der Waals surface area (Å²) in [6.07, 6.45) is 0.825. The molecule has 2 aromatic heterocycles. The van der Waals surface area contributed by atoms with Crippen LogP contribution in [0.5, 0.6) is 0 Å². The predicted molar refractivity (Wildman–Crippen MR) is 126 cm³/mol. The minimum Gasteiger partial charge on any atom is -0.379 e. The standard InChI is InChI=1S/C24H31N5OS/c1-17-5-7-20(8-6-17)13-22-18(2)25-19(3)26-24(22)28(4)14-21-16-31-23(27-21)15-29-9-11-30-12-10-29/h5-8,16H,9-15H2,1-4H3. The Bertz CT molecular complexity index is 1010. The van der Waals surface area contributed by atoms with Crippen LogP contribution >= 0.6 is 11.3 Å². The third-order valence-electron chi connectivity index (χ3n) is 5.63. The zero-order valence-electron chi connectivity index (χ0n) is 18.9. The van der Waals surface area contributed by atoms with Crippen molar-refractivity contribution in [2.24, 2.45) is 0 Å². The highest BCUT2D eigenvalue weighted by Crippen LogP contribution is 2.25. The van der Waals surface area contributed by atoms with E-state index >= 15 is 0 Å². The monoisotopic (exact) mass is 437 g/mol. The molecular weight excluding hydrogens is 406 g/mol. The van der Waals surface area contributed by atoms with E-state index in [4.69, 9.17) is 14.7 Å². The molecule has 0 unspecified atom stereocenters. The van der Waals surface area contributed by atoms with Crippen LogP contribution in [0.15, 0.2) is 29.6 Å². The largest absolute Gasteiger partial charge is 0.379 e. The van der Waals surface area contributed by atoms with Crippen molar-refractivity contribution in [1.29, 1.82) is 0 Å². The number of aryl methyl sites for hydroxylation is 3. The molecule has 1 aliphatic rings. The van der Waals surface area contributed by atoms with E-state index in [1.807, 2.05) is 6.92 Å². The maximum Gasteiger partial charge on any atom is 0.136 e. The summed E-state index contributed by atoms with van der Waals surface area (Å²) in [6.45, 7) is 11.4. The Morgan fingerprint density at radius 3 is 2.52 bits per heavy atom. The summed E-state index contributed by atoms with van der Waals surface area (Å²) in [4.78, 5) is 19.0. The Morgan fingerprint density at radius 2 is 1.77 bits per heavy atom. The van der Waals surface area contributed by atoms with Gasteiger partial charge in [0.05, 0.1) is 32.0 Å². The van der Waals surface area contributed by atoms with Crippen LogP contribution in [0.25, 0.3) is 0 Å². The highest BCUT2D eigenvalue weighted by molar-refractivity contribution is 7.09. The van der Waals surface area contributed by atoms with Crippen LogP contribution in [0, 0.1) is 20.8 Å². The summed E-state index contributed by atoms with van der Waals surface area (Å²) in [6, 6.07) is 8.70. The minimum atomic E-state index is 0.733. The summed E-state index contributed by atoms with van der Waals surface area (Å²) < 4.78 is 5.45. The van der Waals surface area contributed by atoms with Crippen molar-refractivity contribution >= 4 is 17.2 Å². The summed E-state index contributed by atoms with van der Waals surface area (Å²) in [5.41, 5.74) is 5.86. The van der Waals surface area contributed by atoms with Crippen molar-refractivity contribution in [1.82, 2.24) is 19.9 Å².